The summed E-state index contributed by atoms with van der Waals surface area (Å²) in [5, 5.41) is 2.89. The Kier molecular flexibility index (Phi) is 4.58. The predicted octanol–water partition coefficient (Wildman–Crippen LogP) is 3.34. The first-order valence-electron chi connectivity index (χ1n) is 5.82. The zero-order valence-electron chi connectivity index (χ0n) is 10.9. The maximum Gasteiger partial charge on any atom is 0.251 e. The van der Waals surface area contributed by atoms with Crippen LogP contribution in [0.1, 0.15) is 43.6 Å². The van der Waals surface area contributed by atoms with Crippen molar-refractivity contribution < 1.29 is 4.79 Å². The number of nitrogens with one attached hydrogen (secondary N) is 1. The van der Waals surface area contributed by atoms with Crippen LogP contribution in [0.4, 0.5) is 0 Å². The third kappa shape index (κ3) is 3.74. The SMILES string of the molecule is CC(CCl)NC(=O)c1ccccc1C(C)(C)C. The van der Waals surface area contributed by atoms with Gasteiger partial charge in [0.25, 0.3) is 5.91 Å². The smallest absolute Gasteiger partial charge is 0.251 e. The van der Waals surface area contributed by atoms with Crippen molar-refractivity contribution in [1.82, 2.24) is 5.32 Å². The largest absolute Gasteiger partial charge is 0.348 e. The molecule has 3 heteroatoms. The number of halogens is 1. The quantitative estimate of drug-likeness (QED) is 0.823. The highest BCUT2D eigenvalue weighted by atomic mass is 35.5. The maximum atomic E-state index is 12.1. The summed E-state index contributed by atoms with van der Waals surface area (Å²) in [6, 6.07) is 7.69. The molecular weight excluding hydrogens is 234 g/mol. The van der Waals surface area contributed by atoms with E-state index in [1.54, 1.807) is 0 Å². The molecule has 0 aromatic heterocycles. The summed E-state index contributed by atoms with van der Waals surface area (Å²) in [4.78, 5) is 12.1. The highest BCUT2D eigenvalue weighted by Gasteiger charge is 2.21. The summed E-state index contributed by atoms with van der Waals surface area (Å²) >= 11 is 5.70. The molecule has 1 amide bonds. The Labute approximate surface area is 108 Å². The van der Waals surface area contributed by atoms with E-state index in [-0.39, 0.29) is 17.4 Å². The minimum atomic E-state index is -0.0522. The van der Waals surface area contributed by atoms with E-state index in [0.29, 0.717) is 5.88 Å². The molecule has 17 heavy (non-hydrogen) atoms. The molecule has 0 saturated carbocycles. The minimum absolute atomic E-state index is 0.0165. The van der Waals surface area contributed by atoms with Gasteiger partial charge in [-0.1, -0.05) is 39.0 Å². The standard InChI is InChI=1S/C14H20ClNO/c1-10(9-15)16-13(17)11-7-5-6-8-12(11)14(2,3)4/h5-8,10H,9H2,1-4H3,(H,16,17). The van der Waals surface area contributed by atoms with Gasteiger partial charge >= 0.3 is 0 Å². The van der Waals surface area contributed by atoms with Crippen LogP contribution in [-0.2, 0) is 5.41 Å². The summed E-state index contributed by atoms with van der Waals surface area (Å²) in [6.07, 6.45) is 0. The molecule has 0 bridgehead atoms. The second kappa shape index (κ2) is 5.54. The molecule has 1 atom stereocenters. The molecule has 2 nitrogen and oxygen atoms in total. The Bertz CT molecular complexity index is 395. The van der Waals surface area contributed by atoms with E-state index in [1.165, 1.54) is 0 Å². The molecule has 1 aromatic carbocycles. The van der Waals surface area contributed by atoms with Gasteiger partial charge in [-0.25, -0.2) is 0 Å². The van der Waals surface area contributed by atoms with E-state index in [9.17, 15) is 4.79 Å². The molecule has 1 unspecified atom stereocenters. The van der Waals surface area contributed by atoms with E-state index >= 15 is 0 Å². The molecule has 0 fully saturated rings. The third-order valence-corrected chi connectivity index (χ3v) is 3.05. The first-order chi connectivity index (χ1) is 7.86. The molecule has 1 rings (SSSR count). The Morgan fingerprint density at radius 2 is 1.94 bits per heavy atom. The van der Waals surface area contributed by atoms with Crippen LogP contribution in [0.2, 0.25) is 0 Å². The average Bonchev–Trinajstić information content (AvgIpc) is 2.27. The van der Waals surface area contributed by atoms with Crippen LogP contribution < -0.4 is 5.32 Å². The lowest BCUT2D eigenvalue weighted by molar-refractivity contribution is 0.0941. The van der Waals surface area contributed by atoms with Crippen LogP contribution in [0, 0.1) is 0 Å². The van der Waals surface area contributed by atoms with Crippen molar-refractivity contribution in [2.24, 2.45) is 0 Å². The topological polar surface area (TPSA) is 29.1 Å². The number of carbonyl (C=O) groups excluding carboxylic acids is 1. The fourth-order valence-electron chi connectivity index (χ4n) is 1.68. The molecule has 1 N–H and O–H groups in total. The molecule has 94 valence electrons. The number of carbonyl (C=O) groups is 1. The van der Waals surface area contributed by atoms with Gasteiger partial charge in [-0.2, -0.15) is 0 Å². The normalized spacial score (nSPS) is 13.2. The van der Waals surface area contributed by atoms with Crippen molar-refractivity contribution in [2.75, 3.05) is 5.88 Å². The van der Waals surface area contributed by atoms with E-state index in [1.807, 2.05) is 31.2 Å². The third-order valence-electron chi connectivity index (χ3n) is 2.59. The average molecular weight is 254 g/mol. The van der Waals surface area contributed by atoms with Gasteiger partial charge in [-0.3, -0.25) is 4.79 Å². The van der Waals surface area contributed by atoms with Crippen molar-refractivity contribution in [2.45, 2.75) is 39.2 Å². The number of benzene rings is 1. The van der Waals surface area contributed by atoms with Crippen LogP contribution in [0.5, 0.6) is 0 Å². The molecule has 0 aliphatic carbocycles. The van der Waals surface area contributed by atoms with Crippen LogP contribution in [0.15, 0.2) is 24.3 Å². The van der Waals surface area contributed by atoms with E-state index in [4.69, 9.17) is 11.6 Å². The zero-order valence-corrected chi connectivity index (χ0v) is 11.6. The summed E-state index contributed by atoms with van der Waals surface area (Å²) < 4.78 is 0. The second-order valence-corrected chi connectivity index (χ2v) is 5.63. The van der Waals surface area contributed by atoms with Gasteiger partial charge in [0.05, 0.1) is 0 Å². The molecule has 0 heterocycles. The van der Waals surface area contributed by atoms with Crippen LogP contribution in [0.3, 0.4) is 0 Å². The lowest BCUT2D eigenvalue weighted by Crippen LogP contribution is -2.35. The fourth-order valence-corrected chi connectivity index (χ4v) is 1.75. The molecule has 0 spiro atoms. The van der Waals surface area contributed by atoms with E-state index in [0.717, 1.165) is 11.1 Å². The Morgan fingerprint density at radius 1 is 1.35 bits per heavy atom. The second-order valence-electron chi connectivity index (χ2n) is 5.32. The van der Waals surface area contributed by atoms with Crippen molar-refractivity contribution in [1.29, 1.82) is 0 Å². The minimum Gasteiger partial charge on any atom is -0.348 e. The molecule has 0 aliphatic rings. The lowest BCUT2D eigenvalue weighted by atomic mass is 9.83. The van der Waals surface area contributed by atoms with Crippen molar-refractivity contribution >= 4 is 17.5 Å². The van der Waals surface area contributed by atoms with Gasteiger partial charge in [0, 0.05) is 17.5 Å². The van der Waals surface area contributed by atoms with Gasteiger partial charge in [0.2, 0.25) is 0 Å². The van der Waals surface area contributed by atoms with E-state index in [2.05, 4.69) is 26.1 Å². The van der Waals surface area contributed by atoms with Gasteiger partial charge in [0.1, 0.15) is 0 Å². The monoisotopic (exact) mass is 253 g/mol. The highest BCUT2D eigenvalue weighted by molar-refractivity contribution is 6.18. The number of rotatable bonds is 3. The van der Waals surface area contributed by atoms with Crippen LogP contribution in [0.25, 0.3) is 0 Å². The fraction of sp³-hybridized carbons (Fsp3) is 0.500. The van der Waals surface area contributed by atoms with Gasteiger partial charge in [0.15, 0.2) is 0 Å². The molecular formula is C14H20ClNO. The van der Waals surface area contributed by atoms with Crippen molar-refractivity contribution in [3.8, 4) is 0 Å². The number of alkyl halides is 1. The molecule has 0 aliphatic heterocycles. The Balaban J connectivity index is 3.02. The van der Waals surface area contributed by atoms with Crippen molar-refractivity contribution in [3.63, 3.8) is 0 Å². The summed E-state index contributed by atoms with van der Waals surface area (Å²) in [5.41, 5.74) is 1.74. The van der Waals surface area contributed by atoms with Gasteiger partial charge < -0.3 is 5.32 Å². The highest BCUT2D eigenvalue weighted by Crippen LogP contribution is 2.25. The Hall–Kier alpha value is -1.02. The summed E-state index contributed by atoms with van der Waals surface area (Å²) in [6.45, 7) is 8.20. The maximum absolute atomic E-state index is 12.1. The zero-order chi connectivity index (χ0) is 13.1. The number of hydrogen-bond donors (Lipinski definition) is 1. The number of hydrogen-bond acceptors (Lipinski definition) is 1. The van der Waals surface area contributed by atoms with Gasteiger partial charge in [-0.05, 0) is 24.0 Å². The number of amides is 1. The molecule has 0 saturated heterocycles. The lowest BCUT2D eigenvalue weighted by Gasteiger charge is -2.23. The molecule has 0 radical (unpaired) electrons. The first-order valence-corrected chi connectivity index (χ1v) is 6.36. The van der Waals surface area contributed by atoms with Crippen LogP contribution >= 0.6 is 11.6 Å². The predicted molar refractivity (Wildman–Crippen MR) is 72.8 cm³/mol. The van der Waals surface area contributed by atoms with E-state index < -0.39 is 0 Å². The Morgan fingerprint density at radius 3 is 2.47 bits per heavy atom. The summed E-state index contributed by atoms with van der Waals surface area (Å²) in [5.74, 6) is 0.368. The van der Waals surface area contributed by atoms with Gasteiger partial charge in [-0.15, -0.1) is 11.6 Å². The van der Waals surface area contributed by atoms with Crippen LogP contribution in [-0.4, -0.2) is 17.8 Å². The van der Waals surface area contributed by atoms with Crippen molar-refractivity contribution in [3.05, 3.63) is 35.4 Å². The summed E-state index contributed by atoms with van der Waals surface area (Å²) in [7, 11) is 0. The first kappa shape index (κ1) is 14.0. The molecule has 1 aromatic rings.